The Bertz CT molecular complexity index is 884. The second kappa shape index (κ2) is 11.1. The number of rotatable bonds is 7. The summed E-state index contributed by atoms with van der Waals surface area (Å²) in [4.78, 5) is 50.7. The first-order chi connectivity index (χ1) is 14.1. The lowest BCUT2D eigenvalue weighted by Gasteiger charge is -2.18. The molecule has 1 aliphatic rings. The quantitative estimate of drug-likeness (QED) is 0.453. The third-order valence-corrected chi connectivity index (χ3v) is 4.66. The van der Waals surface area contributed by atoms with Crippen molar-refractivity contribution in [2.45, 2.75) is 12.5 Å². The topological polar surface area (TPSA) is 149 Å². The fourth-order valence-electron chi connectivity index (χ4n) is 2.48. The van der Waals surface area contributed by atoms with E-state index >= 15 is 0 Å². The summed E-state index contributed by atoms with van der Waals surface area (Å²) in [6.45, 7) is 1.26. The molecule has 10 nitrogen and oxygen atoms in total. The monoisotopic (exact) mass is 455 g/mol. The molecule has 2 aromatic rings. The van der Waals surface area contributed by atoms with E-state index in [1.165, 1.54) is 0 Å². The number of hydrogen-bond donors (Lipinski definition) is 4. The van der Waals surface area contributed by atoms with Gasteiger partial charge in [0.1, 0.15) is 24.2 Å². The van der Waals surface area contributed by atoms with Crippen LogP contribution in [0, 0.1) is 0 Å². The molecule has 1 unspecified atom stereocenters. The lowest BCUT2D eigenvalue weighted by atomic mass is 10.1. The van der Waals surface area contributed by atoms with Crippen LogP contribution in [0.3, 0.4) is 0 Å². The fraction of sp³-hybridized carbons (Fsp3) is 0.278. The highest BCUT2D eigenvalue weighted by Gasteiger charge is 2.31. The van der Waals surface area contributed by atoms with Crippen molar-refractivity contribution >= 4 is 35.8 Å². The normalized spacial score (nSPS) is 15.8. The van der Waals surface area contributed by atoms with Gasteiger partial charge in [0.25, 0.3) is 5.24 Å². The van der Waals surface area contributed by atoms with E-state index in [9.17, 15) is 9.59 Å². The zero-order valence-electron chi connectivity index (χ0n) is 16.0. The molecular weight excluding hydrogens is 433 g/mol. The Morgan fingerprint density at radius 3 is 2.37 bits per heavy atom. The number of carbonyl (C=O) groups is 2. The van der Waals surface area contributed by atoms with Gasteiger partial charge in [-0.15, -0.1) is 0 Å². The standard InChI is InChI=1S/C18H19N3O3S.H3O4P/c1-21(16-4-2-3-9-19-16)10-11-24-14-7-5-13(6-8-14)12-15-17(22)25-18(23)20-15;1-5(2,3)4/h2-9,15H,10-12H2,1H3,(H,20,23);(H3,1,2,3,4). The van der Waals surface area contributed by atoms with Crippen molar-refractivity contribution < 1.29 is 33.6 Å². The number of ether oxygens (including phenoxy) is 1. The smallest absolute Gasteiger partial charge is 0.466 e. The Morgan fingerprint density at radius 1 is 1.17 bits per heavy atom. The number of nitrogens with one attached hydrogen (secondary N) is 1. The van der Waals surface area contributed by atoms with Gasteiger partial charge in [0, 0.05) is 31.4 Å². The second-order valence-electron chi connectivity index (χ2n) is 6.22. The average Bonchev–Trinajstić information content (AvgIpc) is 2.99. The summed E-state index contributed by atoms with van der Waals surface area (Å²) in [5.41, 5.74) is 0.985. The lowest BCUT2D eigenvalue weighted by Crippen LogP contribution is -2.30. The van der Waals surface area contributed by atoms with E-state index in [-0.39, 0.29) is 10.4 Å². The minimum Gasteiger partial charge on any atom is -0.492 e. The zero-order chi connectivity index (χ0) is 22.1. The number of carbonyl (C=O) groups excluding carboxylic acids is 2. The Labute approximate surface area is 177 Å². The molecule has 1 fully saturated rings. The summed E-state index contributed by atoms with van der Waals surface area (Å²) >= 11 is 0.739. The molecule has 30 heavy (non-hydrogen) atoms. The molecule has 1 aliphatic heterocycles. The van der Waals surface area contributed by atoms with Crippen LogP contribution in [-0.4, -0.2) is 56.3 Å². The average molecular weight is 455 g/mol. The summed E-state index contributed by atoms with van der Waals surface area (Å²) < 4.78 is 14.6. The number of thioether (sulfide) groups is 1. The van der Waals surface area contributed by atoms with Gasteiger partial charge >= 0.3 is 7.82 Å². The first-order valence-electron chi connectivity index (χ1n) is 8.76. The van der Waals surface area contributed by atoms with Gasteiger partial charge in [-0.1, -0.05) is 18.2 Å². The molecule has 1 atom stereocenters. The van der Waals surface area contributed by atoms with Crippen LogP contribution in [-0.2, 0) is 15.8 Å². The third kappa shape index (κ3) is 8.93. The van der Waals surface area contributed by atoms with Gasteiger partial charge in [0.2, 0.25) is 5.12 Å². The Kier molecular flexibility index (Phi) is 8.82. The summed E-state index contributed by atoms with van der Waals surface area (Å²) in [5.74, 6) is 1.68. The molecule has 1 amide bonds. The highest BCUT2D eigenvalue weighted by molar-refractivity contribution is 8.26. The van der Waals surface area contributed by atoms with E-state index in [0.29, 0.717) is 13.0 Å². The maximum absolute atomic E-state index is 11.6. The van der Waals surface area contributed by atoms with Crippen molar-refractivity contribution in [3.05, 3.63) is 54.2 Å². The molecule has 1 saturated heterocycles. The molecule has 0 spiro atoms. The van der Waals surface area contributed by atoms with Crippen LogP contribution in [0.5, 0.6) is 5.75 Å². The molecule has 0 saturated carbocycles. The van der Waals surface area contributed by atoms with Crippen molar-refractivity contribution in [2.24, 2.45) is 0 Å². The molecule has 12 heteroatoms. The molecule has 162 valence electrons. The number of amides is 1. The maximum atomic E-state index is 11.6. The summed E-state index contributed by atoms with van der Waals surface area (Å²) in [6, 6.07) is 13.0. The van der Waals surface area contributed by atoms with Crippen LogP contribution in [0.4, 0.5) is 10.6 Å². The van der Waals surface area contributed by atoms with Crippen LogP contribution >= 0.6 is 19.6 Å². The first-order valence-corrected chi connectivity index (χ1v) is 11.1. The molecule has 0 aliphatic carbocycles. The largest absolute Gasteiger partial charge is 0.492 e. The van der Waals surface area contributed by atoms with Gasteiger partial charge in [-0.3, -0.25) is 9.59 Å². The Hall–Kier alpha value is -2.43. The molecular formula is C18H22N3O7PS. The van der Waals surface area contributed by atoms with E-state index in [4.69, 9.17) is 24.0 Å². The van der Waals surface area contributed by atoms with Gasteiger partial charge in [-0.2, -0.15) is 0 Å². The molecule has 2 heterocycles. The van der Waals surface area contributed by atoms with E-state index in [0.717, 1.165) is 35.4 Å². The molecule has 1 aromatic heterocycles. The predicted octanol–water partition coefficient (Wildman–Crippen LogP) is 1.56. The zero-order valence-corrected chi connectivity index (χ0v) is 17.8. The van der Waals surface area contributed by atoms with Crippen LogP contribution < -0.4 is 15.0 Å². The van der Waals surface area contributed by atoms with Gasteiger partial charge in [-0.05, 0) is 29.8 Å². The van der Waals surface area contributed by atoms with Gasteiger partial charge < -0.3 is 29.6 Å². The van der Waals surface area contributed by atoms with Gasteiger partial charge in [0.15, 0.2) is 0 Å². The number of likely N-dealkylation sites (N-methyl/N-ethyl adjacent to an activating group) is 1. The molecule has 3 rings (SSSR count). The van der Waals surface area contributed by atoms with Crippen LogP contribution in [0.15, 0.2) is 48.7 Å². The van der Waals surface area contributed by atoms with E-state index in [1.54, 1.807) is 6.20 Å². The minimum absolute atomic E-state index is 0.122. The molecule has 0 radical (unpaired) electrons. The maximum Gasteiger partial charge on any atom is 0.466 e. The number of benzene rings is 1. The third-order valence-electron chi connectivity index (χ3n) is 3.87. The number of anilines is 1. The van der Waals surface area contributed by atoms with E-state index < -0.39 is 13.9 Å². The van der Waals surface area contributed by atoms with Crippen molar-refractivity contribution in [3.63, 3.8) is 0 Å². The van der Waals surface area contributed by atoms with Crippen LogP contribution in [0.1, 0.15) is 5.56 Å². The van der Waals surface area contributed by atoms with Gasteiger partial charge in [-0.25, -0.2) is 9.55 Å². The van der Waals surface area contributed by atoms with E-state index in [2.05, 4.69) is 10.3 Å². The molecule has 4 N–H and O–H groups in total. The summed E-state index contributed by atoms with van der Waals surface area (Å²) in [5, 5.41) is 2.27. The van der Waals surface area contributed by atoms with E-state index in [1.807, 2.05) is 54.4 Å². The predicted molar refractivity (Wildman–Crippen MR) is 112 cm³/mol. The number of aromatic nitrogens is 1. The van der Waals surface area contributed by atoms with Crippen molar-refractivity contribution in [2.75, 3.05) is 25.1 Å². The molecule has 1 aromatic carbocycles. The summed E-state index contributed by atoms with van der Waals surface area (Å²) in [6.07, 6.45) is 2.27. The van der Waals surface area contributed by atoms with Gasteiger partial charge in [0.05, 0.1) is 6.54 Å². The highest BCUT2D eigenvalue weighted by Crippen LogP contribution is 2.25. The number of phosphoric acid groups is 1. The SMILES string of the molecule is CN(CCOc1ccc(CC2NC(=O)SC2=O)cc1)c1ccccn1.O=P(O)(O)O. The lowest BCUT2D eigenvalue weighted by molar-refractivity contribution is -0.112. The van der Waals surface area contributed by atoms with Crippen molar-refractivity contribution in [1.82, 2.24) is 10.3 Å². The number of hydrogen-bond acceptors (Lipinski definition) is 7. The minimum atomic E-state index is -4.64. The first kappa shape index (κ1) is 23.8. The number of pyridine rings is 1. The van der Waals surface area contributed by atoms with Crippen LogP contribution in [0.2, 0.25) is 0 Å². The highest BCUT2D eigenvalue weighted by atomic mass is 32.2. The Balaban J connectivity index is 0.000000575. The van der Waals surface area contributed by atoms with Crippen LogP contribution in [0.25, 0.3) is 0 Å². The Morgan fingerprint density at radius 2 is 1.83 bits per heavy atom. The summed E-state index contributed by atoms with van der Waals surface area (Å²) in [7, 11) is -2.67. The van der Waals surface area contributed by atoms with Crippen molar-refractivity contribution in [3.8, 4) is 5.75 Å². The van der Waals surface area contributed by atoms with Crippen molar-refractivity contribution in [1.29, 1.82) is 0 Å². The number of nitrogens with zero attached hydrogens (tertiary/aromatic N) is 2. The second-order valence-corrected chi connectivity index (χ2v) is 8.23. The molecule has 0 bridgehead atoms. The fourth-order valence-corrected chi connectivity index (χ4v) is 3.15.